The molecule has 0 saturated heterocycles. The Balaban J connectivity index is 1.70. The van der Waals surface area contributed by atoms with Gasteiger partial charge in [0.1, 0.15) is 5.82 Å². The van der Waals surface area contributed by atoms with Gasteiger partial charge in [-0.15, -0.1) is 0 Å². The highest BCUT2D eigenvalue weighted by atomic mass is 32.2. The van der Waals surface area contributed by atoms with Gasteiger partial charge in [0.2, 0.25) is 11.8 Å². The number of hydrogen-bond donors (Lipinski definition) is 1. The van der Waals surface area contributed by atoms with Gasteiger partial charge in [-0.1, -0.05) is 0 Å². The quantitative estimate of drug-likeness (QED) is 0.908. The van der Waals surface area contributed by atoms with Gasteiger partial charge in [0, 0.05) is 31.7 Å². The minimum Gasteiger partial charge on any atom is -0.318 e. The average molecular weight is 333 g/mol. The third kappa shape index (κ3) is 2.86. The number of fused-ring (bicyclic) bond motifs is 1. The summed E-state index contributed by atoms with van der Waals surface area (Å²) in [6.07, 6.45) is 2.00. The van der Waals surface area contributed by atoms with Crippen molar-refractivity contribution >= 4 is 15.9 Å². The summed E-state index contributed by atoms with van der Waals surface area (Å²) in [6, 6.07) is 0. The first-order chi connectivity index (χ1) is 10.3. The van der Waals surface area contributed by atoms with Crippen molar-refractivity contribution in [3.63, 3.8) is 0 Å². The molecule has 0 bridgehead atoms. The van der Waals surface area contributed by atoms with Crippen LogP contribution in [0.2, 0.25) is 0 Å². The van der Waals surface area contributed by atoms with Crippen molar-refractivity contribution < 1.29 is 22.0 Å². The molecule has 1 aliphatic heterocycles. The average Bonchev–Trinajstić information content (AvgIpc) is 2.99. The second-order valence-electron chi connectivity index (χ2n) is 5.87. The molecule has 0 aromatic carbocycles. The number of carbonyl (C=O) groups excluding carboxylic acids is 1. The van der Waals surface area contributed by atoms with E-state index < -0.39 is 27.8 Å². The Bertz CT molecular complexity index is 689. The Hall–Kier alpha value is -1.51. The van der Waals surface area contributed by atoms with Crippen LogP contribution in [0.25, 0.3) is 0 Å². The number of halogens is 2. The molecular weight excluding hydrogens is 316 g/mol. The molecular formula is C13H17F2N3O3S. The predicted molar refractivity (Wildman–Crippen MR) is 72.8 cm³/mol. The van der Waals surface area contributed by atoms with Crippen LogP contribution in [0.3, 0.4) is 0 Å². The number of sulfonamides is 1. The van der Waals surface area contributed by atoms with E-state index >= 15 is 0 Å². The molecule has 2 aliphatic rings. The lowest BCUT2D eigenvalue weighted by Gasteiger charge is -2.27. The summed E-state index contributed by atoms with van der Waals surface area (Å²) in [5.41, 5.74) is 0. The summed E-state index contributed by atoms with van der Waals surface area (Å²) in [6.45, 7) is 0.551. The fourth-order valence-corrected chi connectivity index (χ4v) is 4.23. The normalized spacial score (nSPS) is 21.5. The van der Waals surface area contributed by atoms with E-state index in [0.29, 0.717) is 18.8 Å². The van der Waals surface area contributed by atoms with Crippen LogP contribution in [0, 0.1) is 5.92 Å². The Kier molecular flexibility index (Phi) is 3.70. The number of aryl methyl sites for hydroxylation is 1. The highest BCUT2D eigenvalue weighted by Crippen LogP contribution is 2.36. The van der Waals surface area contributed by atoms with Crippen molar-refractivity contribution in [1.29, 1.82) is 0 Å². The Morgan fingerprint density at radius 3 is 2.73 bits per heavy atom. The zero-order valence-electron chi connectivity index (χ0n) is 11.9. The number of amides is 1. The molecule has 0 atom stereocenters. The first kappa shape index (κ1) is 15.4. The minimum absolute atomic E-state index is 0.00113. The molecule has 1 aromatic heterocycles. The monoisotopic (exact) mass is 333 g/mol. The van der Waals surface area contributed by atoms with Crippen molar-refractivity contribution in [1.82, 2.24) is 14.3 Å². The Morgan fingerprint density at radius 1 is 1.36 bits per heavy atom. The van der Waals surface area contributed by atoms with E-state index in [9.17, 15) is 22.0 Å². The van der Waals surface area contributed by atoms with Crippen molar-refractivity contribution in [2.75, 3.05) is 0 Å². The van der Waals surface area contributed by atoms with Crippen LogP contribution in [0.5, 0.6) is 0 Å². The van der Waals surface area contributed by atoms with Gasteiger partial charge in [0.25, 0.3) is 10.0 Å². The van der Waals surface area contributed by atoms with Crippen molar-refractivity contribution in [2.45, 2.75) is 56.0 Å². The summed E-state index contributed by atoms with van der Waals surface area (Å²) in [7, 11) is -4.01. The van der Waals surface area contributed by atoms with Gasteiger partial charge in [0.05, 0.1) is 6.20 Å². The van der Waals surface area contributed by atoms with E-state index in [1.54, 1.807) is 4.57 Å². The number of nitrogens with zero attached hydrogens (tertiary/aromatic N) is 2. The number of imidazole rings is 1. The number of aromatic nitrogens is 2. The summed E-state index contributed by atoms with van der Waals surface area (Å²) < 4.78 is 54.4. The molecule has 1 N–H and O–H groups in total. The van der Waals surface area contributed by atoms with E-state index in [2.05, 4.69) is 4.98 Å². The molecule has 3 rings (SSSR count). The number of carbonyl (C=O) groups is 1. The number of rotatable bonds is 3. The Labute approximate surface area is 127 Å². The van der Waals surface area contributed by atoms with Crippen LogP contribution >= 0.6 is 0 Å². The fourth-order valence-electron chi connectivity index (χ4n) is 3.02. The first-order valence-electron chi connectivity index (χ1n) is 7.27. The largest absolute Gasteiger partial charge is 0.318 e. The van der Waals surface area contributed by atoms with E-state index in [1.165, 1.54) is 6.20 Å². The fraction of sp³-hybridized carbons (Fsp3) is 0.692. The summed E-state index contributed by atoms with van der Waals surface area (Å²) >= 11 is 0. The third-order valence-corrected chi connectivity index (χ3v) is 5.63. The van der Waals surface area contributed by atoms with E-state index in [-0.39, 0.29) is 30.7 Å². The van der Waals surface area contributed by atoms with Gasteiger partial charge < -0.3 is 4.57 Å². The van der Waals surface area contributed by atoms with E-state index in [1.807, 2.05) is 4.72 Å². The second kappa shape index (κ2) is 5.29. The van der Waals surface area contributed by atoms with Gasteiger partial charge in [-0.3, -0.25) is 4.79 Å². The standard InChI is InChI=1S/C13H17F2N3O3S/c14-13(15)5-3-9(4-6-13)12(19)17-22(20,21)11-8-16-10-2-1-7-18(10)11/h8-9H,1-7H2,(H,17,19). The lowest BCUT2D eigenvalue weighted by Crippen LogP contribution is -2.39. The third-order valence-electron chi connectivity index (χ3n) is 4.28. The SMILES string of the molecule is O=C(NS(=O)(=O)c1cnc2n1CCC2)C1CCC(F)(F)CC1. The van der Waals surface area contributed by atoms with Crippen LogP contribution in [-0.4, -0.2) is 29.8 Å². The maximum absolute atomic E-state index is 13.1. The second-order valence-corrected chi connectivity index (χ2v) is 7.50. The molecule has 1 aliphatic carbocycles. The van der Waals surface area contributed by atoms with Gasteiger partial charge in [-0.25, -0.2) is 18.5 Å². The van der Waals surface area contributed by atoms with Crippen molar-refractivity contribution in [2.24, 2.45) is 5.92 Å². The molecule has 1 aromatic rings. The van der Waals surface area contributed by atoms with Crippen LogP contribution in [0.1, 0.15) is 37.9 Å². The van der Waals surface area contributed by atoms with Crippen LogP contribution in [0.15, 0.2) is 11.2 Å². The smallest absolute Gasteiger partial charge is 0.281 e. The van der Waals surface area contributed by atoms with Crippen LogP contribution in [0.4, 0.5) is 8.78 Å². The zero-order valence-corrected chi connectivity index (χ0v) is 12.7. The first-order valence-corrected chi connectivity index (χ1v) is 8.76. The number of alkyl halides is 2. The molecule has 9 heteroatoms. The summed E-state index contributed by atoms with van der Waals surface area (Å²) in [5.74, 6) is -3.45. The molecule has 122 valence electrons. The van der Waals surface area contributed by atoms with Gasteiger partial charge in [-0.05, 0) is 19.3 Å². The number of nitrogens with one attached hydrogen (secondary N) is 1. The molecule has 2 heterocycles. The van der Waals surface area contributed by atoms with E-state index in [0.717, 1.165) is 6.42 Å². The van der Waals surface area contributed by atoms with Crippen LogP contribution < -0.4 is 4.72 Å². The van der Waals surface area contributed by atoms with Gasteiger partial charge >= 0.3 is 0 Å². The molecule has 1 amide bonds. The molecule has 1 saturated carbocycles. The lowest BCUT2D eigenvalue weighted by molar-refractivity contribution is -0.127. The maximum Gasteiger partial charge on any atom is 0.281 e. The summed E-state index contributed by atoms with van der Waals surface area (Å²) in [5, 5.41) is -0.0329. The maximum atomic E-state index is 13.1. The van der Waals surface area contributed by atoms with Crippen molar-refractivity contribution in [3.05, 3.63) is 12.0 Å². The van der Waals surface area contributed by atoms with Gasteiger partial charge in [-0.2, -0.15) is 8.42 Å². The lowest BCUT2D eigenvalue weighted by atomic mass is 9.86. The molecule has 0 unspecified atom stereocenters. The predicted octanol–water partition coefficient (Wildman–Crippen LogP) is 1.46. The van der Waals surface area contributed by atoms with E-state index in [4.69, 9.17) is 0 Å². The molecule has 6 nitrogen and oxygen atoms in total. The zero-order chi connectivity index (χ0) is 16.0. The molecule has 0 spiro atoms. The van der Waals surface area contributed by atoms with Crippen molar-refractivity contribution in [3.8, 4) is 0 Å². The highest BCUT2D eigenvalue weighted by molar-refractivity contribution is 7.90. The highest BCUT2D eigenvalue weighted by Gasteiger charge is 2.38. The molecule has 22 heavy (non-hydrogen) atoms. The topological polar surface area (TPSA) is 81.1 Å². The molecule has 1 fully saturated rings. The van der Waals surface area contributed by atoms with Gasteiger partial charge in [0.15, 0.2) is 5.03 Å². The van der Waals surface area contributed by atoms with Crippen LogP contribution in [-0.2, 0) is 27.8 Å². The molecule has 0 radical (unpaired) electrons. The summed E-state index contributed by atoms with van der Waals surface area (Å²) in [4.78, 5) is 16.1. The minimum atomic E-state index is -4.01. The Morgan fingerprint density at radius 2 is 2.05 bits per heavy atom. The number of hydrogen-bond acceptors (Lipinski definition) is 4.